The summed E-state index contributed by atoms with van der Waals surface area (Å²) in [7, 11) is -3.23. The number of thiophene rings is 1. The van der Waals surface area contributed by atoms with Crippen molar-refractivity contribution in [3.8, 4) is 0 Å². The van der Waals surface area contributed by atoms with Crippen LogP contribution in [0, 0.1) is 0 Å². The Bertz CT molecular complexity index is 897. The number of halogens is 1. The Hall–Kier alpha value is -1.36. The van der Waals surface area contributed by atoms with Gasteiger partial charge >= 0.3 is 0 Å². The van der Waals surface area contributed by atoms with Crippen LogP contribution < -0.4 is 0 Å². The van der Waals surface area contributed by atoms with E-state index in [0.29, 0.717) is 4.90 Å². The molecule has 0 N–H and O–H groups in total. The molecular formula is C16H13ClO2S2. The number of sulfone groups is 1. The van der Waals surface area contributed by atoms with E-state index in [0.717, 1.165) is 16.5 Å². The summed E-state index contributed by atoms with van der Waals surface area (Å²) in [6.45, 7) is 0. The highest BCUT2D eigenvalue weighted by Gasteiger charge is 2.17. The molecule has 0 radical (unpaired) electrons. The van der Waals surface area contributed by atoms with Gasteiger partial charge in [-0.05, 0) is 40.1 Å². The van der Waals surface area contributed by atoms with Gasteiger partial charge in [-0.3, -0.25) is 0 Å². The highest BCUT2D eigenvalue weighted by atomic mass is 35.5. The zero-order chi connectivity index (χ0) is 15.0. The molecule has 1 heterocycles. The van der Waals surface area contributed by atoms with Crippen LogP contribution in [-0.4, -0.2) is 14.7 Å². The molecule has 0 aliphatic carbocycles. The van der Waals surface area contributed by atoms with Gasteiger partial charge in [-0.1, -0.05) is 30.3 Å². The van der Waals surface area contributed by atoms with Gasteiger partial charge in [-0.2, -0.15) is 0 Å². The van der Waals surface area contributed by atoms with Crippen molar-refractivity contribution in [1.29, 1.82) is 0 Å². The van der Waals surface area contributed by atoms with Crippen molar-refractivity contribution in [3.63, 3.8) is 0 Å². The Labute approximate surface area is 132 Å². The molecule has 1 aromatic heterocycles. The predicted octanol–water partition coefficient (Wildman–Crippen LogP) is 4.63. The smallest absolute Gasteiger partial charge is 0.175 e. The lowest BCUT2D eigenvalue weighted by atomic mass is 10.0. The minimum atomic E-state index is -3.23. The summed E-state index contributed by atoms with van der Waals surface area (Å²) in [4.78, 5) is 0.296. The van der Waals surface area contributed by atoms with Crippen molar-refractivity contribution in [2.75, 3.05) is 6.26 Å². The largest absolute Gasteiger partial charge is 0.224 e. The maximum atomic E-state index is 11.7. The maximum Gasteiger partial charge on any atom is 0.175 e. The molecule has 108 valence electrons. The lowest BCUT2D eigenvalue weighted by Gasteiger charge is -2.10. The molecule has 5 heteroatoms. The van der Waals surface area contributed by atoms with Gasteiger partial charge in [0.2, 0.25) is 0 Å². The molecule has 0 fully saturated rings. The molecule has 2 aromatic carbocycles. The van der Waals surface area contributed by atoms with E-state index in [9.17, 15) is 8.42 Å². The summed E-state index contributed by atoms with van der Waals surface area (Å²) in [5, 5.41) is 2.80. The molecule has 0 spiro atoms. The second-order valence-electron chi connectivity index (χ2n) is 4.89. The van der Waals surface area contributed by atoms with Crippen LogP contribution in [0.15, 0.2) is 58.8 Å². The van der Waals surface area contributed by atoms with Crippen LogP contribution in [0.25, 0.3) is 10.1 Å². The summed E-state index contributed by atoms with van der Waals surface area (Å²) in [6.07, 6.45) is 1.20. The number of hydrogen-bond acceptors (Lipinski definition) is 3. The Morgan fingerprint density at radius 2 is 1.86 bits per heavy atom. The van der Waals surface area contributed by atoms with Crippen LogP contribution in [0.2, 0.25) is 0 Å². The van der Waals surface area contributed by atoms with E-state index in [-0.39, 0.29) is 5.38 Å². The number of hydrogen-bond donors (Lipinski definition) is 0. The van der Waals surface area contributed by atoms with Crippen LogP contribution in [0.1, 0.15) is 16.5 Å². The normalized spacial score (nSPS) is 13.4. The average Bonchev–Trinajstić information content (AvgIpc) is 2.90. The van der Waals surface area contributed by atoms with E-state index in [1.54, 1.807) is 29.5 Å². The predicted molar refractivity (Wildman–Crippen MR) is 89.1 cm³/mol. The molecule has 2 nitrogen and oxygen atoms in total. The van der Waals surface area contributed by atoms with E-state index in [1.165, 1.54) is 11.0 Å². The summed E-state index contributed by atoms with van der Waals surface area (Å²) in [6, 6.07) is 14.9. The third-order valence-corrected chi connectivity index (χ3v) is 5.94. The van der Waals surface area contributed by atoms with Crippen LogP contribution in [0.4, 0.5) is 0 Å². The lowest BCUT2D eigenvalue weighted by Crippen LogP contribution is -1.99. The Balaban J connectivity index is 2.08. The zero-order valence-corrected chi connectivity index (χ0v) is 13.7. The van der Waals surface area contributed by atoms with Crippen LogP contribution >= 0.6 is 22.9 Å². The number of rotatable bonds is 3. The van der Waals surface area contributed by atoms with Crippen LogP contribution in [0.3, 0.4) is 0 Å². The first kappa shape index (κ1) is 14.6. The highest BCUT2D eigenvalue weighted by Crippen LogP contribution is 2.37. The topological polar surface area (TPSA) is 34.1 Å². The number of alkyl halides is 1. The lowest BCUT2D eigenvalue weighted by molar-refractivity contribution is 0.601. The van der Waals surface area contributed by atoms with Gasteiger partial charge in [-0.25, -0.2) is 8.42 Å². The monoisotopic (exact) mass is 336 g/mol. The van der Waals surface area contributed by atoms with Crippen molar-refractivity contribution in [3.05, 3.63) is 65.0 Å². The molecule has 0 amide bonds. The van der Waals surface area contributed by atoms with Crippen molar-refractivity contribution < 1.29 is 8.42 Å². The molecule has 1 atom stereocenters. The molecule has 3 aromatic rings. The molecule has 0 saturated carbocycles. The van der Waals surface area contributed by atoms with Crippen molar-refractivity contribution in [2.45, 2.75) is 10.3 Å². The van der Waals surface area contributed by atoms with Gasteiger partial charge in [-0.15, -0.1) is 22.9 Å². The molecule has 1 unspecified atom stereocenters. The van der Waals surface area contributed by atoms with E-state index in [2.05, 4.69) is 6.07 Å². The molecule has 21 heavy (non-hydrogen) atoms. The molecule has 0 saturated heterocycles. The molecule has 0 bridgehead atoms. The molecule has 0 aliphatic heterocycles. The van der Waals surface area contributed by atoms with Gasteiger partial charge in [0, 0.05) is 11.0 Å². The van der Waals surface area contributed by atoms with Crippen molar-refractivity contribution in [2.24, 2.45) is 0 Å². The molecule has 3 rings (SSSR count). The number of fused-ring (bicyclic) bond motifs is 1. The summed E-state index contributed by atoms with van der Waals surface area (Å²) in [5.41, 5.74) is 1.81. The van der Waals surface area contributed by atoms with Crippen molar-refractivity contribution >= 4 is 42.9 Å². The Morgan fingerprint density at radius 1 is 1.10 bits per heavy atom. The first-order chi connectivity index (χ1) is 9.97. The van der Waals surface area contributed by atoms with E-state index < -0.39 is 9.84 Å². The van der Waals surface area contributed by atoms with Crippen LogP contribution in [0.5, 0.6) is 0 Å². The minimum absolute atomic E-state index is 0.296. The van der Waals surface area contributed by atoms with Gasteiger partial charge in [0.05, 0.1) is 10.3 Å². The Kier molecular flexibility index (Phi) is 3.78. The standard InChI is InChI=1S/C16H13ClO2S2/c1-21(18,19)12-6-4-5-11(9-12)16(17)14-10-20-15-8-3-2-7-13(14)15/h2-10,16H,1H3. The van der Waals surface area contributed by atoms with Gasteiger partial charge < -0.3 is 0 Å². The summed E-state index contributed by atoms with van der Waals surface area (Å²) in [5.74, 6) is 0. The van der Waals surface area contributed by atoms with E-state index >= 15 is 0 Å². The van der Waals surface area contributed by atoms with Gasteiger partial charge in [0.25, 0.3) is 0 Å². The zero-order valence-electron chi connectivity index (χ0n) is 11.3. The van der Waals surface area contributed by atoms with E-state index in [1.807, 2.05) is 29.6 Å². The SMILES string of the molecule is CS(=O)(=O)c1cccc(C(Cl)c2csc3ccccc23)c1. The quantitative estimate of drug-likeness (QED) is 0.653. The highest BCUT2D eigenvalue weighted by molar-refractivity contribution is 7.90. The number of benzene rings is 2. The molecular weight excluding hydrogens is 324 g/mol. The minimum Gasteiger partial charge on any atom is -0.224 e. The first-order valence-corrected chi connectivity index (χ1v) is 9.58. The fourth-order valence-electron chi connectivity index (χ4n) is 2.28. The summed E-state index contributed by atoms with van der Waals surface area (Å²) >= 11 is 8.23. The first-order valence-electron chi connectivity index (χ1n) is 6.37. The maximum absolute atomic E-state index is 11.7. The third kappa shape index (κ3) is 2.84. The van der Waals surface area contributed by atoms with Crippen LogP contribution in [-0.2, 0) is 9.84 Å². The third-order valence-electron chi connectivity index (χ3n) is 3.36. The van der Waals surface area contributed by atoms with E-state index in [4.69, 9.17) is 11.6 Å². The second-order valence-corrected chi connectivity index (χ2v) is 8.26. The summed E-state index contributed by atoms with van der Waals surface area (Å²) < 4.78 is 24.5. The molecule has 0 aliphatic rings. The average molecular weight is 337 g/mol. The fourth-order valence-corrected chi connectivity index (χ4v) is 4.33. The fraction of sp³-hybridized carbons (Fsp3) is 0.125. The Morgan fingerprint density at radius 3 is 2.62 bits per heavy atom. The van der Waals surface area contributed by atoms with Crippen molar-refractivity contribution in [1.82, 2.24) is 0 Å². The second kappa shape index (κ2) is 5.44. The van der Waals surface area contributed by atoms with Gasteiger partial charge in [0.1, 0.15) is 0 Å². The van der Waals surface area contributed by atoms with Gasteiger partial charge in [0.15, 0.2) is 9.84 Å².